The van der Waals surface area contributed by atoms with Gasteiger partial charge in [-0.05, 0) is 49.3 Å². The zero-order chi connectivity index (χ0) is 19.8. The molecular formula is C22H24N2O4S. The van der Waals surface area contributed by atoms with E-state index in [0.717, 1.165) is 37.9 Å². The standard InChI is InChI=1S/C22H24N2O4S/c25-20(16-6-4-12-24(16)21(26)19-7-5-13-29-19)23-15-8-9-17-18(14-15)28-22(27-17)10-2-1-3-11-22/h5,7-9,13-14,16H,1-4,6,10-12H2,(H,23,25)/t16-/m0/s1. The lowest BCUT2D eigenvalue weighted by Gasteiger charge is -2.31. The van der Waals surface area contributed by atoms with Crippen LogP contribution in [0.4, 0.5) is 5.69 Å². The van der Waals surface area contributed by atoms with Crippen molar-refractivity contribution in [1.29, 1.82) is 0 Å². The molecule has 2 fully saturated rings. The van der Waals surface area contributed by atoms with E-state index in [-0.39, 0.29) is 11.8 Å². The number of fused-ring (bicyclic) bond motifs is 1. The molecule has 5 rings (SSSR count). The zero-order valence-electron chi connectivity index (χ0n) is 16.2. The van der Waals surface area contributed by atoms with Gasteiger partial charge in [-0.15, -0.1) is 11.3 Å². The largest absolute Gasteiger partial charge is 0.448 e. The number of nitrogens with zero attached hydrogens (tertiary/aromatic N) is 1. The molecule has 1 aliphatic carbocycles. The van der Waals surface area contributed by atoms with Crippen LogP contribution in [0.25, 0.3) is 0 Å². The van der Waals surface area contributed by atoms with Gasteiger partial charge in [0, 0.05) is 31.1 Å². The molecule has 7 heteroatoms. The first kappa shape index (κ1) is 18.5. The van der Waals surface area contributed by atoms with E-state index in [2.05, 4.69) is 5.32 Å². The molecule has 2 aliphatic heterocycles. The van der Waals surface area contributed by atoms with Crippen LogP contribution >= 0.6 is 11.3 Å². The highest BCUT2D eigenvalue weighted by atomic mass is 32.1. The molecule has 1 N–H and O–H groups in total. The van der Waals surface area contributed by atoms with Crippen LogP contribution in [0.3, 0.4) is 0 Å². The predicted molar refractivity (Wildman–Crippen MR) is 111 cm³/mol. The monoisotopic (exact) mass is 412 g/mol. The molecule has 2 aromatic rings. The normalized spacial score (nSPS) is 22.1. The fourth-order valence-electron chi connectivity index (χ4n) is 4.52. The minimum absolute atomic E-state index is 0.0671. The molecule has 3 heterocycles. The quantitative estimate of drug-likeness (QED) is 0.810. The number of hydrogen-bond donors (Lipinski definition) is 1. The van der Waals surface area contributed by atoms with Crippen molar-refractivity contribution in [3.8, 4) is 11.5 Å². The van der Waals surface area contributed by atoms with E-state index in [1.54, 1.807) is 11.0 Å². The van der Waals surface area contributed by atoms with Crippen LogP contribution in [-0.4, -0.2) is 35.1 Å². The van der Waals surface area contributed by atoms with E-state index in [1.165, 1.54) is 17.8 Å². The van der Waals surface area contributed by atoms with E-state index in [0.29, 0.717) is 29.3 Å². The van der Waals surface area contributed by atoms with Crippen LogP contribution in [0.1, 0.15) is 54.6 Å². The molecule has 1 aromatic carbocycles. The van der Waals surface area contributed by atoms with E-state index >= 15 is 0 Å². The summed E-state index contributed by atoms with van der Waals surface area (Å²) >= 11 is 1.41. The number of nitrogens with one attached hydrogen (secondary N) is 1. The number of anilines is 1. The smallest absolute Gasteiger partial charge is 0.264 e. The van der Waals surface area contributed by atoms with Gasteiger partial charge in [0.1, 0.15) is 6.04 Å². The van der Waals surface area contributed by atoms with Gasteiger partial charge in [-0.25, -0.2) is 0 Å². The summed E-state index contributed by atoms with van der Waals surface area (Å²) in [7, 11) is 0. The van der Waals surface area contributed by atoms with Gasteiger partial charge in [0.05, 0.1) is 4.88 Å². The maximum Gasteiger partial charge on any atom is 0.264 e. The van der Waals surface area contributed by atoms with Crippen molar-refractivity contribution in [2.45, 2.75) is 56.8 Å². The highest BCUT2D eigenvalue weighted by Crippen LogP contribution is 2.46. The summed E-state index contributed by atoms with van der Waals surface area (Å²) < 4.78 is 12.3. The van der Waals surface area contributed by atoms with Gasteiger partial charge >= 0.3 is 0 Å². The molecule has 3 aliphatic rings. The molecule has 29 heavy (non-hydrogen) atoms. The minimum atomic E-state index is -0.529. The molecule has 1 spiro atoms. The summed E-state index contributed by atoms with van der Waals surface area (Å²) in [5.74, 6) is 0.669. The molecular weight excluding hydrogens is 388 g/mol. The summed E-state index contributed by atoms with van der Waals surface area (Å²) in [6.07, 6.45) is 6.72. The first-order valence-electron chi connectivity index (χ1n) is 10.3. The third kappa shape index (κ3) is 3.48. The SMILES string of the molecule is O=C(Nc1ccc2c(c1)OC1(CCCCC1)O2)[C@@H]1CCCN1C(=O)c1cccs1. The summed E-state index contributed by atoms with van der Waals surface area (Å²) in [4.78, 5) is 28.0. The molecule has 0 radical (unpaired) electrons. The number of carbonyl (C=O) groups excluding carboxylic acids is 2. The zero-order valence-corrected chi connectivity index (χ0v) is 17.0. The van der Waals surface area contributed by atoms with Crippen LogP contribution in [0, 0.1) is 0 Å². The molecule has 1 saturated heterocycles. The fraction of sp³-hybridized carbons (Fsp3) is 0.455. The highest BCUT2D eigenvalue weighted by molar-refractivity contribution is 7.12. The van der Waals surface area contributed by atoms with E-state index in [4.69, 9.17) is 9.47 Å². The molecule has 0 unspecified atom stereocenters. The molecule has 0 bridgehead atoms. The summed E-state index contributed by atoms with van der Waals surface area (Å²) in [5, 5.41) is 4.85. The van der Waals surface area contributed by atoms with Gasteiger partial charge in [-0.1, -0.05) is 12.5 Å². The van der Waals surface area contributed by atoms with E-state index < -0.39 is 11.8 Å². The van der Waals surface area contributed by atoms with Crippen molar-refractivity contribution in [1.82, 2.24) is 4.90 Å². The van der Waals surface area contributed by atoms with Crippen molar-refractivity contribution in [3.63, 3.8) is 0 Å². The number of likely N-dealkylation sites (tertiary alicyclic amines) is 1. The molecule has 1 saturated carbocycles. The number of thiophene rings is 1. The Labute approximate surface area is 173 Å². The predicted octanol–water partition coefficient (Wildman–Crippen LogP) is 4.42. The number of carbonyl (C=O) groups is 2. The Morgan fingerprint density at radius 1 is 1.07 bits per heavy atom. The minimum Gasteiger partial charge on any atom is -0.448 e. The second-order valence-corrected chi connectivity index (χ2v) is 8.91. The Morgan fingerprint density at radius 3 is 2.69 bits per heavy atom. The van der Waals surface area contributed by atoms with E-state index in [9.17, 15) is 9.59 Å². The van der Waals surface area contributed by atoms with Crippen LogP contribution in [0.2, 0.25) is 0 Å². The fourth-order valence-corrected chi connectivity index (χ4v) is 5.19. The third-order valence-corrected chi connectivity index (χ3v) is 6.82. The van der Waals surface area contributed by atoms with Crippen LogP contribution in [-0.2, 0) is 4.79 Å². The Balaban J connectivity index is 1.28. The van der Waals surface area contributed by atoms with Crippen LogP contribution in [0.5, 0.6) is 11.5 Å². The van der Waals surface area contributed by atoms with Crippen molar-refractivity contribution >= 4 is 28.8 Å². The molecule has 1 aromatic heterocycles. The Hall–Kier alpha value is -2.54. The topological polar surface area (TPSA) is 67.9 Å². The second-order valence-electron chi connectivity index (χ2n) is 7.96. The van der Waals surface area contributed by atoms with Crippen molar-refractivity contribution < 1.29 is 19.1 Å². The van der Waals surface area contributed by atoms with Gasteiger partial charge < -0.3 is 19.7 Å². The van der Waals surface area contributed by atoms with Crippen molar-refractivity contribution in [2.75, 3.05) is 11.9 Å². The van der Waals surface area contributed by atoms with Gasteiger partial charge in [-0.2, -0.15) is 0 Å². The molecule has 1 atom stereocenters. The number of rotatable bonds is 3. The number of amides is 2. The lowest BCUT2D eigenvalue weighted by atomic mass is 9.94. The van der Waals surface area contributed by atoms with Crippen molar-refractivity contribution in [3.05, 3.63) is 40.6 Å². The number of benzene rings is 1. The Bertz CT molecular complexity index is 921. The second kappa shape index (κ2) is 7.37. The maximum absolute atomic E-state index is 12.9. The highest BCUT2D eigenvalue weighted by Gasteiger charge is 2.42. The Kier molecular flexibility index (Phi) is 4.70. The average molecular weight is 413 g/mol. The summed E-state index contributed by atoms with van der Waals surface area (Å²) in [6.45, 7) is 0.610. The van der Waals surface area contributed by atoms with Gasteiger partial charge in [0.15, 0.2) is 11.5 Å². The van der Waals surface area contributed by atoms with Crippen LogP contribution < -0.4 is 14.8 Å². The first-order chi connectivity index (χ1) is 14.1. The van der Waals surface area contributed by atoms with Gasteiger partial charge in [0.25, 0.3) is 11.7 Å². The first-order valence-corrected chi connectivity index (χ1v) is 11.2. The summed E-state index contributed by atoms with van der Waals surface area (Å²) in [5.41, 5.74) is 0.667. The molecule has 152 valence electrons. The average Bonchev–Trinajstić information content (AvgIpc) is 3.47. The maximum atomic E-state index is 12.9. The molecule has 6 nitrogen and oxygen atoms in total. The van der Waals surface area contributed by atoms with E-state index in [1.807, 2.05) is 29.6 Å². The Morgan fingerprint density at radius 2 is 1.90 bits per heavy atom. The van der Waals surface area contributed by atoms with Gasteiger partial charge in [0.2, 0.25) is 5.91 Å². The lowest BCUT2D eigenvalue weighted by molar-refractivity contribution is -0.119. The number of hydrogen-bond acceptors (Lipinski definition) is 5. The van der Waals surface area contributed by atoms with Gasteiger partial charge in [-0.3, -0.25) is 9.59 Å². The summed E-state index contributed by atoms with van der Waals surface area (Å²) in [6, 6.07) is 8.74. The van der Waals surface area contributed by atoms with Crippen LogP contribution in [0.15, 0.2) is 35.7 Å². The lowest BCUT2D eigenvalue weighted by Crippen LogP contribution is -2.42. The van der Waals surface area contributed by atoms with Crippen molar-refractivity contribution in [2.24, 2.45) is 0 Å². The molecule has 2 amide bonds. The third-order valence-electron chi connectivity index (χ3n) is 5.97. The number of ether oxygens (including phenoxy) is 2.